The fourth-order valence-corrected chi connectivity index (χ4v) is 3.64. The average Bonchev–Trinajstić information content (AvgIpc) is 2.60. The van der Waals surface area contributed by atoms with Crippen LogP contribution in [-0.4, -0.2) is 32.2 Å². The summed E-state index contributed by atoms with van der Waals surface area (Å²) in [4.78, 5) is 0. The maximum atomic E-state index is 13.4. The van der Waals surface area contributed by atoms with Crippen LogP contribution in [0.4, 0.5) is 13.2 Å². The summed E-state index contributed by atoms with van der Waals surface area (Å²) in [5.41, 5.74) is 0.534. The Kier molecular flexibility index (Phi) is 5.79. The lowest BCUT2D eigenvalue weighted by molar-refractivity contribution is -0.248. The van der Waals surface area contributed by atoms with Crippen molar-refractivity contribution >= 4 is 0 Å². The summed E-state index contributed by atoms with van der Waals surface area (Å²) in [6.07, 6.45) is 3.04. The van der Waals surface area contributed by atoms with E-state index in [0.29, 0.717) is 25.4 Å². The maximum absolute atomic E-state index is 13.4. The lowest BCUT2D eigenvalue weighted by atomic mass is 9.78. The van der Waals surface area contributed by atoms with Gasteiger partial charge in [0, 0.05) is 12.5 Å². The highest BCUT2D eigenvalue weighted by molar-refractivity contribution is 5.23. The molecule has 0 radical (unpaired) electrons. The van der Waals surface area contributed by atoms with Crippen molar-refractivity contribution in [2.24, 2.45) is 5.92 Å². The van der Waals surface area contributed by atoms with Crippen LogP contribution in [0.2, 0.25) is 0 Å². The minimum absolute atomic E-state index is 0.00671. The number of halogens is 3. The highest BCUT2D eigenvalue weighted by Crippen LogP contribution is 2.39. The fourth-order valence-electron chi connectivity index (χ4n) is 3.64. The van der Waals surface area contributed by atoms with Gasteiger partial charge in [-0.1, -0.05) is 0 Å². The molecule has 0 unspecified atom stereocenters. The van der Waals surface area contributed by atoms with Gasteiger partial charge in [0.05, 0.1) is 13.2 Å². The highest BCUT2D eigenvalue weighted by atomic mass is 19.2. The molecule has 0 spiro atoms. The van der Waals surface area contributed by atoms with Gasteiger partial charge in [0.15, 0.2) is 23.7 Å². The molecular weight excluding hydrogens is 321 g/mol. The van der Waals surface area contributed by atoms with Gasteiger partial charge in [0.25, 0.3) is 0 Å². The zero-order valence-electron chi connectivity index (χ0n) is 13.8. The second-order valence-corrected chi connectivity index (χ2v) is 6.52. The monoisotopic (exact) mass is 344 g/mol. The molecule has 0 N–H and O–H groups in total. The first-order valence-corrected chi connectivity index (χ1v) is 8.57. The Morgan fingerprint density at radius 3 is 2.12 bits per heavy atom. The van der Waals surface area contributed by atoms with Crippen LogP contribution in [0.25, 0.3) is 0 Å². The van der Waals surface area contributed by atoms with E-state index in [1.807, 2.05) is 6.92 Å². The van der Waals surface area contributed by atoms with Crippen LogP contribution in [0.5, 0.6) is 0 Å². The van der Waals surface area contributed by atoms with Gasteiger partial charge in [-0.25, -0.2) is 13.2 Å². The lowest BCUT2D eigenvalue weighted by Gasteiger charge is -2.37. The first-order valence-electron chi connectivity index (χ1n) is 8.57. The molecule has 0 atom stereocenters. The van der Waals surface area contributed by atoms with E-state index in [1.54, 1.807) is 0 Å². The van der Waals surface area contributed by atoms with E-state index in [0.717, 1.165) is 37.8 Å². The summed E-state index contributed by atoms with van der Waals surface area (Å²) < 4.78 is 56.9. The Hall–Kier alpha value is -1.11. The topological polar surface area (TPSA) is 27.7 Å². The van der Waals surface area contributed by atoms with Crippen molar-refractivity contribution in [3.8, 4) is 0 Å². The molecule has 1 heterocycles. The number of ether oxygens (including phenoxy) is 3. The standard InChI is InChI=1S/C18H23F3O3/c1-2-22-14-9-23-18(24-10-14)12-5-3-11(4-6-12)13-7-15(19)17(21)16(20)8-13/h7-8,11-12,14,18H,2-6,9-10H2,1H3. The van der Waals surface area contributed by atoms with Gasteiger partial charge in [-0.05, 0) is 56.2 Å². The molecule has 3 rings (SSSR count). The second kappa shape index (κ2) is 7.85. The summed E-state index contributed by atoms with van der Waals surface area (Å²) in [5.74, 6) is -3.31. The van der Waals surface area contributed by atoms with Crippen LogP contribution < -0.4 is 0 Å². The van der Waals surface area contributed by atoms with Gasteiger partial charge in [-0.2, -0.15) is 0 Å². The van der Waals surface area contributed by atoms with Gasteiger partial charge in [0.1, 0.15) is 6.10 Å². The van der Waals surface area contributed by atoms with Crippen LogP contribution in [0.15, 0.2) is 12.1 Å². The van der Waals surface area contributed by atoms with Crippen molar-refractivity contribution in [3.05, 3.63) is 35.1 Å². The molecule has 1 saturated heterocycles. The van der Waals surface area contributed by atoms with Gasteiger partial charge in [-0.15, -0.1) is 0 Å². The molecule has 6 heteroatoms. The minimum atomic E-state index is -1.40. The first-order chi connectivity index (χ1) is 11.6. The predicted octanol–water partition coefficient (Wildman–Crippen LogP) is 4.16. The van der Waals surface area contributed by atoms with Crippen molar-refractivity contribution in [3.63, 3.8) is 0 Å². The Morgan fingerprint density at radius 1 is 1.00 bits per heavy atom. The normalized spacial score (nSPS) is 31.2. The Labute approximate surface area is 140 Å². The number of hydrogen-bond acceptors (Lipinski definition) is 3. The van der Waals surface area contributed by atoms with E-state index in [-0.39, 0.29) is 24.2 Å². The Morgan fingerprint density at radius 2 is 1.58 bits per heavy atom. The quantitative estimate of drug-likeness (QED) is 0.768. The molecule has 134 valence electrons. The summed E-state index contributed by atoms with van der Waals surface area (Å²) >= 11 is 0. The van der Waals surface area contributed by atoms with Crippen molar-refractivity contribution in [1.29, 1.82) is 0 Å². The van der Waals surface area contributed by atoms with Crippen LogP contribution in [0, 0.1) is 23.4 Å². The maximum Gasteiger partial charge on any atom is 0.194 e. The van der Waals surface area contributed by atoms with Crippen LogP contribution in [0.3, 0.4) is 0 Å². The number of rotatable bonds is 4. The van der Waals surface area contributed by atoms with Gasteiger partial charge in [0.2, 0.25) is 0 Å². The van der Waals surface area contributed by atoms with Gasteiger partial charge in [-0.3, -0.25) is 0 Å². The molecule has 0 amide bonds. The molecule has 2 fully saturated rings. The van der Waals surface area contributed by atoms with E-state index in [9.17, 15) is 13.2 Å². The third-order valence-electron chi connectivity index (χ3n) is 4.93. The highest BCUT2D eigenvalue weighted by Gasteiger charge is 2.33. The molecular formula is C18H23F3O3. The summed E-state index contributed by atoms with van der Waals surface area (Å²) in [6.45, 7) is 3.64. The third-order valence-corrected chi connectivity index (χ3v) is 4.93. The molecule has 3 nitrogen and oxygen atoms in total. The van der Waals surface area contributed by atoms with Crippen molar-refractivity contribution in [2.45, 2.75) is 50.9 Å². The predicted molar refractivity (Wildman–Crippen MR) is 82.1 cm³/mol. The van der Waals surface area contributed by atoms with Gasteiger partial charge < -0.3 is 14.2 Å². The first kappa shape index (κ1) is 17.7. The second-order valence-electron chi connectivity index (χ2n) is 6.52. The molecule has 0 bridgehead atoms. The third kappa shape index (κ3) is 3.92. The summed E-state index contributed by atoms with van der Waals surface area (Å²) in [5, 5.41) is 0. The van der Waals surface area contributed by atoms with Crippen molar-refractivity contribution < 1.29 is 27.4 Å². The SMILES string of the molecule is CCOC1COC(C2CCC(c3cc(F)c(F)c(F)c3)CC2)OC1. The largest absolute Gasteiger partial charge is 0.374 e. The molecule has 2 aliphatic rings. The Bertz CT molecular complexity index is 527. The van der Waals surface area contributed by atoms with E-state index < -0.39 is 17.5 Å². The van der Waals surface area contributed by atoms with E-state index in [4.69, 9.17) is 14.2 Å². The summed E-state index contributed by atoms with van der Waals surface area (Å²) in [7, 11) is 0. The lowest BCUT2D eigenvalue weighted by Crippen LogP contribution is -2.41. The average molecular weight is 344 g/mol. The van der Waals surface area contributed by atoms with E-state index in [2.05, 4.69) is 0 Å². The molecule has 1 saturated carbocycles. The molecule has 0 aromatic heterocycles. The van der Waals surface area contributed by atoms with Crippen molar-refractivity contribution in [2.75, 3.05) is 19.8 Å². The minimum Gasteiger partial charge on any atom is -0.374 e. The van der Waals surface area contributed by atoms with Crippen LogP contribution in [0.1, 0.15) is 44.1 Å². The van der Waals surface area contributed by atoms with Gasteiger partial charge >= 0.3 is 0 Å². The van der Waals surface area contributed by atoms with Crippen molar-refractivity contribution in [1.82, 2.24) is 0 Å². The Balaban J connectivity index is 1.53. The smallest absolute Gasteiger partial charge is 0.194 e. The van der Waals surface area contributed by atoms with Crippen LogP contribution >= 0.6 is 0 Å². The molecule has 1 aromatic carbocycles. The number of benzene rings is 1. The molecule has 24 heavy (non-hydrogen) atoms. The van der Waals surface area contributed by atoms with E-state index in [1.165, 1.54) is 0 Å². The number of hydrogen-bond donors (Lipinski definition) is 0. The zero-order valence-corrected chi connectivity index (χ0v) is 13.8. The van der Waals surface area contributed by atoms with E-state index >= 15 is 0 Å². The fraction of sp³-hybridized carbons (Fsp3) is 0.667. The molecule has 1 aliphatic carbocycles. The van der Waals surface area contributed by atoms with Crippen LogP contribution in [-0.2, 0) is 14.2 Å². The molecule has 1 aromatic rings. The zero-order chi connectivity index (χ0) is 17.1. The summed E-state index contributed by atoms with van der Waals surface area (Å²) in [6, 6.07) is 2.23. The molecule has 1 aliphatic heterocycles.